The van der Waals surface area contributed by atoms with Crippen LogP contribution in [0.3, 0.4) is 0 Å². The van der Waals surface area contributed by atoms with Crippen LogP contribution in [-0.2, 0) is 16.0 Å². The molecule has 2 nitrogen and oxygen atoms in total. The molecule has 0 radical (unpaired) electrons. The number of allylic oxidation sites excluding steroid dienone is 1. The molecule has 0 aromatic heterocycles. The van der Waals surface area contributed by atoms with Crippen LogP contribution in [0.4, 0.5) is 0 Å². The van der Waals surface area contributed by atoms with E-state index in [0.717, 1.165) is 16.7 Å². The van der Waals surface area contributed by atoms with E-state index in [4.69, 9.17) is 0 Å². The van der Waals surface area contributed by atoms with Crippen LogP contribution in [0.1, 0.15) is 16.7 Å². The first kappa shape index (κ1) is 14.6. The topological polar surface area (TPSA) is 26.3 Å². The van der Waals surface area contributed by atoms with E-state index in [0.29, 0.717) is 0 Å². The fourth-order valence-electron chi connectivity index (χ4n) is 1.77. The second-order valence-corrected chi connectivity index (χ2v) is 4.46. The maximum Gasteiger partial charge on any atom is 0.309 e. The second-order valence-electron chi connectivity index (χ2n) is 4.46. The molecule has 0 unspecified atom stereocenters. The Morgan fingerprint density at radius 3 is 2.48 bits per heavy atom. The zero-order valence-electron chi connectivity index (χ0n) is 11.9. The molecule has 0 N–H and O–H groups in total. The smallest absolute Gasteiger partial charge is 0.309 e. The summed E-state index contributed by atoms with van der Waals surface area (Å²) in [5, 5.41) is 0. The number of methoxy groups -OCH3 is 1. The van der Waals surface area contributed by atoms with Crippen LogP contribution in [0, 0.1) is 11.8 Å². The number of ether oxygens (including phenoxy) is 1. The van der Waals surface area contributed by atoms with Crippen molar-refractivity contribution in [2.24, 2.45) is 0 Å². The zero-order chi connectivity index (χ0) is 14.9. The highest BCUT2D eigenvalue weighted by atomic mass is 16.5. The minimum atomic E-state index is -0.236. The van der Waals surface area contributed by atoms with Crippen LogP contribution in [0.15, 0.2) is 60.7 Å². The van der Waals surface area contributed by atoms with Crippen LogP contribution < -0.4 is 0 Å². The summed E-state index contributed by atoms with van der Waals surface area (Å²) >= 11 is 0. The SMILES string of the molecule is COC(=O)Cc1ccc(C#C/C=C/c2ccccc2)cc1. The predicted molar refractivity (Wildman–Crippen MR) is 84.5 cm³/mol. The molecular weight excluding hydrogens is 260 g/mol. The van der Waals surface area contributed by atoms with E-state index in [1.165, 1.54) is 7.11 Å². The van der Waals surface area contributed by atoms with E-state index in [2.05, 4.69) is 16.6 Å². The molecule has 0 aliphatic rings. The number of rotatable bonds is 3. The fourth-order valence-corrected chi connectivity index (χ4v) is 1.77. The van der Waals surface area contributed by atoms with Crippen molar-refractivity contribution in [3.63, 3.8) is 0 Å². The standard InChI is InChI=1S/C19H16O2/c1-21-19(20)15-18-13-11-17(12-14-18)10-6-5-9-16-7-3-2-4-8-16/h2-5,7-9,11-14H,15H2,1H3/b9-5+. The lowest BCUT2D eigenvalue weighted by atomic mass is 10.1. The average molecular weight is 276 g/mol. The summed E-state index contributed by atoms with van der Waals surface area (Å²) in [7, 11) is 1.39. The highest BCUT2D eigenvalue weighted by Gasteiger charge is 2.01. The quantitative estimate of drug-likeness (QED) is 0.634. The van der Waals surface area contributed by atoms with Gasteiger partial charge in [-0.3, -0.25) is 4.79 Å². The maximum atomic E-state index is 11.2. The molecule has 0 aliphatic heterocycles. The number of carbonyl (C=O) groups is 1. The Labute approximate surface area is 125 Å². The van der Waals surface area contributed by atoms with Crippen molar-refractivity contribution < 1.29 is 9.53 Å². The normalized spacial score (nSPS) is 9.95. The second kappa shape index (κ2) is 7.72. The van der Waals surface area contributed by atoms with Gasteiger partial charge in [-0.15, -0.1) is 0 Å². The summed E-state index contributed by atoms with van der Waals surface area (Å²) in [5.74, 6) is 5.82. The van der Waals surface area contributed by atoms with Crippen molar-refractivity contribution in [3.8, 4) is 11.8 Å². The van der Waals surface area contributed by atoms with Gasteiger partial charge in [0.2, 0.25) is 0 Å². The molecular formula is C19H16O2. The number of benzene rings is 2. The van der Waals surface area contributed by atoms with E-state index >= 15 is 0 Å². The van der Waals surface area contributed by atoms with Crippen LogP contribution in [-0.4, -0.2) is 13.1 Å². The van der Waals surface area contributed by atoms with Gasteiger partial charge in [-0.1, -0.05) is 54.3 Å². The van der Waals surface area contributed by atoms with Gasteiger partial charge >= 0.3 is 5.97 Å². The third-order valence-electron chi connectivity index (χ3n) is 2.91. The zero-order valence-corrected chi connectivity index (χ0v) is 11.9. The Bertz CT molecular complexity index is 671. The predicted octanol–water partition coefficient (Wildman–Crippen LogP) is 3.47. The van der Waals surface area contributed by atoms with Gasteiger partial charge in [-0.25, -0.2) is 0 Å². The minimum Gasteiger partial charge on any atom is -0.469 e. The third kappa shape index (κ3) is 5.00. The van der Waals surface area contributed by atoms with Gasteiger partial charge in [-0.05, 0) is 35.4 Å². The van der Waals surface area contributed by atoms with Gasteiger partial charge < -0.3 is 4.74 Å². The lowest BCUT2D eigenvalue weighted by Gasteiger charge is -1.99. The van der Waals surface area contributed by atoms with E-state index in [1.54, 1.807) is 0 Å². The number of hydrogen-bond donors (Lipinski definition) is 0. The van der Waals surface area contributed by atoms with E-state index in [-0.39, 0.29) is 12.4 Å². The van der Waals surface area contributed by atoms with E-state index in [1.807, 2.05) is 66.7 Å². The highest BCUT2D eigenvalue weighted by molar-refractivity contribution is 5.72. The van der Waals surface area contributed by atoms with Crippen molar-refractivity contribution in [2.45, 2.75) is 6.42 Å². The molecule has 2 heteroatoms. The number of carbonyl (C=O) groups excluding carboxylic acids is 1. The van der Waals surface area contributed by atoms with Crippen LogP contribution in [0.25, 0.3) is 6.08 Å². The average Bonchev–Trinajstić information content (AvgIpc) is 2.54. The van der Waals surface area contributed by atoms with Crippen LogP contribution in [0.5, 0.6) is 0 Å². The molecule has 0 atom stereocenters. The Morgan fingerprint density at radius 2 is 1.81 bits per heavy atom. The van der Waals surface area contributed by atoms with Gasteiger partial charge in [0.15, 0.2) is 0 Å². The molecule has 0 amide bonds. The molecule has 0 bridgehead atoms. The van der Waals surface area contributed by atoms with E-state index in [9.17, 15) is 4.79 Å². The molecule has 2 aromatic carbocycles. The Kier molecular flexibility index (Phi) is 5.37. The lowest BCUT2D eigenvalue weighted by molar-refractivity contribution is -0.139. The first-order chi connectivity index (χ1) is 10.3. The molecule has 0 heterocycles. The van der Waals surface area contributed by atoms with Gasteiger partial charge in [0.05, 0.1) is 13.5 Å². The van der Waals surface area contributed by atoms with Crippen molar-refractivity contribution in [3.05, 3.63) is 77.4 Å². The summed E-state index contributed by atoms with van der Waals surface area (Å²) < 4.78 is 4.63. The molecule has 21 heavy (non-hydrogen) atoms. The summed E-state index contributed by atoms with van der Waals surface area (Å²) in [6.45, 7) is 0. The Hall–Kier alpha value is -2.79. The summed E-state index contributed by atoms with van der Waals surface area (Å²) in [6, 6.07) is 17.6. The van der Waals surface area contributed by atoms with Crippen molar-refractivity contribution in [1.29, 1.82) is 0 Å². The number of hydrogen-bond acceptors (Lipinski definition) is 2. The molecule has 2 aromatic rings. The Morgan fingerprint density at radius 1 is 1.10 bits per heavy atom. The summed E-state index contributed by atoms with van der Waals surface area (Å²) in [4.78, 5) is 11.2. The van der Waals surface area contributed by atoms with Crippen molar-refractivity contribution >= 4 is 12.0 Å². The minimum absolute atomic E-state index is 0.236. The molecule has 0 spiro atoms. The van der Waals surface area contributed by atoms with Crippen molar-refractivity contribution in [1.82, 2.24) is 0 Å². The molecule has 104 valence electrons. The monoisotopic (exact) mass is 276 g/mol. The molecule has 0 aliphatic carbocycles. The van der Waals surface area contributed by atoms with E-state index < -0.39 is 0 Å². The molecule has 0 saturated heterocycles. The molecule has 0 saturated carbocycles. The van der Waals surface area contributed by atoms with Crippen molar-refractivity contribution in [2.75, 3.05) is 7.11 Å². The van der Waals surface area contributed by atoms with Crippen LogP contribution in [0.2, 0.25) is 0 Å². The molecule has 2 rings (SSSR count). The van der Waals surface area contributed by atoms with Crippen LogP contribution >= 0.6 is 0 Å². The Balaban J connectivity index is 1.96. The third-order valence-corrected chi connectivity index (χ3v) is 2.91. The first-order valence-electron chi connectivity index (χ1n) is 6.67. The molecule has 0 fully saturated rings. The summed E-state index contributed by atoms with van der Waals surface area (Å²) in [5.41, 5.74) is 2.97. The maximum absolute atomic E-state index is 11.2. The largest absolute Gasteiger partial charge is 0.469 e. The lowest BCUT2D eigenvalue weighted by Crippen LogP contribution is -2.04. The first-order valence-corrected chi connectivity index (χ1v) is 6.67. The fraction of sp³-hybridized carbons (Fsp3) is 0.105. The van der Waals surface area contributed by atoms with Gasteiger partial charge in [0.1, 0.15) is 0 Å². The van der Waals surface area contributed by atoms with Gasteiger partial charge in [0, 0.05) is 5.56 Å². The summed E-state index contributed by atoms with van der Waals surface area (Å²) in [6.07, 6.45) is 4.09. The number of esters is 1. The van der Waals surface area contributed by atoms with Gasteiger partial charge in [0.25, 0.3) is 0 Å². The highest BCUT2D eigenvalue weighted by Crippen LogP contribution is 2.05. The van der Waals surface area contributed by atoms with Gasteiger partial charge in [-0.2, -0.15) is 0 Å².